The highest BCUT2D eigenvalue weighted by atomic mass is 16.7. The van der Waals surface area contributed by atoms with Crippen molar-refractivity contribution in [2.24, 2.45) is 0 Å². The number of rotatable bonds is 1. The number of ether oxygens (including phenoxy) is 2. The number of aliphatic hydroxyl groups is 1. The minimum absolute atomic E-state index is 0.0428. The summed E-state index contributed by atoms with van der Waals surface area (Å²) in [5.41, 5.74) is 0. The molecule has 53 valence electrons. The highest BCUT2D eigenvalue weighted by molar-refractivity contribution is 4.68. The van der Waals surface area contributed by atoms with Gasteiger partial charge in [-0.3, -0.25) is 0 Å². The first-order valence-corrected chi connectivity index (χ1v) is 3.07. The second-order valence-electron chi connectivity index (χ2n) is 2.05. The van der Waals surface area contributed by atoms with Gasteiger partial charge in [0, 0.05) is 0 Å². The maximum Gasteiger partial charge on any atom is 0.220 e. The fourth-order valence-electron chi connectivity index (χ4n) is 0.790. The van der Waals surface area contributed by atoms with E-state index in [1.807, 2.05) is 0 Å². The van der Waals surface area contributed by atoms with E-state index in [4.69, 9.17) is 14.6 Å². The summed E-state index contributed by atoms with van der Waals surface area (Å²) in [6, 6.07) is 0. The van der Waals surface area contributed by atoms with Gasteiger partial charge in [-0.25, -0.2) is 0 Å². The maximum absolute atomic E-state index is 8.61. The third-order valence-electron chi connectivity index (χ3n) is 1.28. The first kappa shape index (κ1) is 6.99. The van der Waals surface area contributed by atoms with Gasteiger partial charge in [0.1, 0.15) is 0 Å². The van der Waals surface area contributed by atoms with Crippen molar-refractivity contribution in [2.45, 2.75) is 19.4 Å². The predicted octanol–water partition coefficient (Wildman–Crippen LogP) is 0.294. The van der Waals surface area contributed by atoms with E-state index in [1.54, 1.807) is 6.92 Å². The van der Waals surface area contributed by atoms with Crippen LogP contribution in [-0.4, -0.2) is 24.4 Å². The molecule has 0 amide bonds. The monoisotopic (exact) mass is 131 g/mol. The summed E-state index contributed by atoms with van der Waals surface area (Å²) in [4.78, 5) is 0. The molecule has 1 aliphatic rings. The Morgan fingerprint density at radius 1 is 1.78 bits per heavy atom. The summed E-state index contributed by atoms with van der Waals surface area (Å²) >= 11 is 0. The average Bonchev–Trinajstić information content (AvgIpc) is 1.88. The largest absolute Gasteiger partial charge is 0.394 e. The lowest BCUT2D eigenvalue weighted by Gasteiger charge is -2.24. The van der Waals surface area contributed by atoms with Gasteiger partial charge in [-0.1, -0.05) is 0 Å². The first-order chi connectivity index (χ1) is 4.33. The molecule has 0 aromatic carbocycles. The molecule has 3 heteroatoms. The van der Waals surface area contributed by atoms with Crippen molar-refractivity contribution in [3.05, 3.63) is 6.29 Å². The van der Waals surface area contributed by atoms with E-state index in [-0.39, 0.29) is 12.7 Å². The smallest absolute Gasteiger partial charge is 0.220 e. The zero-order valence-electron chi connectivity index (χ0n) is 5.46. The molecule has 1 fully saturated rings. The molecule has 1 unspecified atom stereocenters. The van der Waals surface area contributed by atoms with Crippen molar-refractivity contribution in [2.75, 3.05) is 13.2 Å². The van der Waals surface area contributed by atoms with Crippen LogP contribution in [0.5, 0.6) is 0 Å². The molecule has 1 atom stereocenters. The van der Waals surface area contributed by atoms with Crippen molar-refractivity contribution in [3.8, 4) is 0 Å². The van der Waals surface area contributed by atoms with Crippen LogP contribution in [0.1, 0.15) is 13.3 Å². The molecule has 1 saturated heterocycles. The summed E-state index contributed by atoms with van der Waals surface area (Å²) in [7, 11) is 0. The molecule has 0 aromatic rings. The molecule has 0 saturated carbocycles. The molecule has 0 spiro atoms. The van der Waals surface area contributed by atoms with E-state index in [9.17, 15) is 0 Å². The molecule has 0 aromatic heterocycles. The molecular formula is C6H11O3. The number of hydrogen-bond donors (Lipinski definition) is 1. The summed E-state index contributed by atoms with van der Waals surface area (Å²) in [5, 5.41) is 8.61. The summed E-state index contributed by atoms with van der Waals surface area (Å²) in [6.07, 6.45) is 1.31. The Bertz CT molecular complexity index is 84.4. The van der Waals surface area contributed by atoms with Gasteiger partial charge in [0.05, 0.1) is 19.3 Å². The Kier molecular flexibility index (Phi) is 2.45. The van der Waals surface area contributed by atoms with Gasteiger partial charge in [0.2, 0.25) is 6.29 Å². The van der Waals surface area contributed by atoms with Crippen LogP contribution in [0.3, 0.4) is 0 Å². The minimum atomic E-state index is -0.0428. The standard InChI is InChI=1S/C6H11O3/c1-5-8-3-2-6(4-7)9-5/h6-7H,2-4H2,1H3. The van der Waals surface area contributed by atoms with E-state index in [2.05, 4.69) is 0 Å². The van der Waals surface area contributed by atoms with Crippen LogP contribution < -0.4 is 0 Å². The SMILES string of the molecule is C[C]1OCCC(CO)O1. The lowest BCUT2D eigenvalue weighted by Crippen LogP contribution is -2.27. The predicted molar refractivity (Wildman–Crippen MR) is 31.4 cm³/mol. The molecular weight excluding hydrogens is 120 g/mol. The van der Waals surface area contributed by atoms with E-state index >= 15 is 0 Å². The number of aliphatic hydroxyl groups excluding tert-OH is 1. The van der Waals surface area contributed by atoms with Crippen molar-refractivity contribution in [1.29, 1.82) is 0 Å². The topological polar surface area (TPSA) is 38.7 Å². The van der Waals surface area contributed by atoms with Crippen molar-refractivity contribution in [1.82, 2.24) is 0 Å². The van der Waals surface area contributed by atoms with Crippen LogP contribution >= 0.6 is 0 Å². The highest BCUT2D eigenvalue weighted by Gasteiger charge is 2.19. The minimum Gasteiger partial charge on any atom is -0.394 e. The van der Waals surface area contributed by atoms with Crippen LogP contribution in [-0.2, 0) is 9.47 Å². The molecule has 0 aliphatic carbocycles. The fraction of sp³-hybridized carbons (Fsp3) is 0.833. The van der Waals surface area contributed by atoms with Crippen LogP contribution in [0.4, 0.5) is 0 Å². The Labute approximate surface area is 54.6 Å². The molecule has 0 bridgehead atoms. The first-order valence-electron chi connectivity index (χ1n) is 3.07. The summed E-state index contributed by atoms with van der Waals surface area (Å²) in [6.45, 7) is 2.50. The van der Waals surface area contributed by atoms with Gasteiger partial charge >= 0.3 is 0 Å². The van der Waals surface area contributed by atoms with Gasteiger partial charge in [0.25, 0.3) is 0 Å². The van der Waals surface area contributed by atoms with Gasteiger partial charge in [0.15, 0.2) is 0 Å². The van der Waals surface area contributed by atoms with Crippen LogP contribution in [0.25, 0.3) is 0 Å². The quantitative estimate of drug-likeness (QED) is 0.556. The zero-order chi connectivity index (χ0) is 6.69. The normalized spacial score (nSPS) is 30.7. The van der Waals surface area contributed by atoms with E-state index in [1.165, 1.54) is 0 Å². The van der Waals surface area contributed by atoms with Gasteiger partial charge < -0.3 is 14.6 Å². The Morgan fingerprint density at radius 3 is 3.00 bits per heavy atom. The van der Waals surface area contributed by atoms with Crippen molar-refractivity contribution >= 4 is 0 Å². The van der Waals surface area contributed by atoms with Crippen molar-refractivity contribution < 1.29 is 14.6 Å². The van der Waals surface area contributed by atoms with Crippen molar-refractivity contribution in [3.63, 3.8) is 0 Å². The molecule has 1 rings (SSSR count). The third kappa shape index (κ3) is 1.93. The second-order valence-corrected chi connectivity index (χ2v) is 2.05. The van der Waals surface area contributed by atoms with Gasteiger partial charge in [-0.15, -0.1) is 0 Å². The third-order valence-corrected chi connectivity index (χ3v) is 1.28. The maximum atomic E-state index is 8.61. The fourth-order valence-corrected chi connectivity index (χ4v) is 0.790. The van der Waals surface area contributed by atoms with Crippen LogP contribution in [0.2, 0.25) is 0 Å². The van der Waals surface area contributed by atoms with Gasteiger partial charge in [-0.2, -0.15) is 0 Å². The highest BCUT2D eigenvalue weighted by Crippen LogP contribution is 2.15. The Balaban J connectivity index is 2.23. The molecule has 1 aliphatic heterocycles. The molecule has 1 radical (unpaired) electrons. The van der Waals surface area contributed by atoms with Crippen LogP contribution in [0.15, 0.2) is 0 Å². The van der Waals surface area contributed by atoms with Gasteiger partial charge in [-0.05, 0) is 13.3 Å². The average molecular weight is 131 g/mol. The van der Waals surface area contributed by atoms with E-state index in [0.29, 0.717) is 12.9 Å². The second kappa shape index (κ2) is 3.15. The Hall–Kier alpha value is -0.120. The van der Waals surface area contributed by atoms with E-state index in [0.717, 1.165) is 6.42 Å². The molecule has 1 N–H and O–H groups in total. The van der Waals surface area contributed by atoms with E-state index < -0.39 is 0 Å². The zero-order valence-corrected chi connectivity index (χ0v) is 5.46. The Morgan fingerprint density at radius 2 is 2.56 bits per heavy atom. The molecule has 3 nitrogen and oxygen atoms in total. The molecule has 9 heavy (non-hydrogen) atoms. The lowest BCUT2D eigenvalue weighted by molar-refractivity contribution is -0.135. The molecule has 1 heterocycles. The summed E-state index contributed by atoms with van der Waals surface area (Å²) in [5.74, 6) is 0. The number of hydrogen-bond acceptors (Lipinski definition) is 3. The summed E-state index contributed by atoms with van der Waals surface area (Å²) < 4.78 is 10.1. The van der Waals surface area contributed by atoms with Crippen LogP contribution in [0, 0.1) is 6.29 Å². The lowest BCUT2D eigenvalue weighted by atomic mass is 10.2.